The Hall–Kier alpha value is -1.70. The van der Waals surface area contributed by atoms with Crippen molar-refractivity contribution in [1.29, 1.82) is 0 Å². The Morgan fingerprint density at radius 1 is 1.43 bits per heavy atom. The summed E-state index contributed by atoms with van der Waals surface area (Å²) in [5.74, 6) is -0.844. The molecule has 1 aliphatic carbocycles. The van der Waals surface area contributed by atoms with Crippen molar-refractivity contribution in [3.05, 3.63) is 15.6 Å². The highest BCUT2D eigenvalue weighted by molar-refractivity contribution is 7.12. The summed E-state index contributed by atoms with van der Waals surface area (Å²) in [5, 5.41) is 3.10. The zero-order valence-electron chi connectivity index (χ0n) is 13.6. The molecule has 0 bridgehead atoms. The van der Waals surface area contributed by atoms with E-state index in [2.05, 4.69) is 10.3 Å². The van der Waals surface area contributed by atoms with Gasteiger partial charge in [-0.15, -0.1) is 11.3 Å². The van der Waals surface area contributed by atoms with Crippen molar-refractivity contribution in [3.8, 4) is 0 Å². The molecule has 128 valence electrons. The summed E-state index contributed by atoms with van der Waals surface area (Å²) in [6, 6.07) is 0. The van der Waals surface area contributed by atoms with Crippen LogP contribution in [0.3, 0.4) is 0 Å². The monoisotopic (exact) mass is 344 g/mol. The zero-order valence-corrected chi connectivity index (χ0v) is 14.5. The van der Waals surface area contributed by atoms with Crippen molar-refractivity contribution < 1.29 is 23.5 Å². The standard InChI is InChI=1S/C15H21FN2O4S/c1-5-21-13(19)11-12(8-6-9(8)16)23-10(18-11)7-17-14(20)22-15(2,3)4/h8-9H,5-7H2,1-4H3,(H,17,20)/t8-,9-/m1/s1. The van der Waals surface area contributed by atoms with Gasteiger partial charge in [0.2, 0.25) is 0 Å². The Morgan fingerprint density at radius 3 is 2.61 bits per heavy atom. The van der Waals surface area contributed by atoms with Gasteiger partial charge in [-0.1, -0.05) is 0 Å². The van der Waals surface area contributed by atoms with Crippen LogP contribution in [0.5, 0.6) is 0 Å². The molecule has 0 radical (unpaired) electrons. The van der Waals surface area contributed by atoms with E-state index < -0.39 is 23.8 Å². The number of nitrogens with zero attached hydrogens (tertiary/aromatic N) is 1. The predicted molar refractivity (Wildman–Crippen MR) is 83.4 cm³/mol. The van der Waals surface area contributed by atoms with E-state index in [1.807, 2.05) is 0 Å². The molecule has 0 saturated heterocycles. The van der Waals surface area contributed by atoms with Crippen molar-refractivity contribution in [2.45, 2.75) is 58.4 Å². The van der Waals surface area contributed by atoms with Crippen LogP contribution < -0.4 is 5.32 Å². The average molecular weight is 344 g/mol. The Morgan fingerprint density at radius 2 is 2.09 bits per heavy atom. The number of rotatable bonds is 5. The quantitative estimate of drug-likeness (QED) is 0.830. The molecule has 0 spiro atoms. The van der Waals surface area contributed by atoms with E-state index in [0.29, 0.717) is 16.3 Å². The van der Waals surface area contributed by atoms with Crippen molar-refractivity contribution in [2.75, 3.05) is 6.61 Å². The minimum Gasteiger partial charge on any atom is -0.461 e. The molecule has 8 heteroatoms. The smallest absolute Gasteiger partial charge is 0.408 e. The normalized spacial score (nSPS) is 20.0. The fourth-order valence-corrected chi connectivity index (χ4v) is 3.10. The maximum Gasteiger partial charge on any atom is 0.408 e. The minimum atomic E-state index is -0.935. The van der Waals surface area contributed by atoms with Crippen LogP contribution in [0.15, 0.2) is 0 Å². The molecule has 1 aliphatic rings. The molecule has 6 nitrogen and oxygen atoms in total. The fourth-order valence-electron chi connectivity index (χ4n) is 1.95. The molecule has 23 heavy (non-hydrogen) atoms. The van der Waals surface area contributed by atoms with Gasteiger partial charge in [-0.2, -0.15) is 0 Å². The number of carbonyl (C=O) groups is 2. The van der Waals surface area contributed by atoms with Crippen LogP contribution in [0, 0.1) is 0 Å². The molecule has 0 aliphatic heterocycles. The number of alkyl carbamates (subject to hydrolysis) is 1. The van der Waals surface area contributed by atoms with Crippen molar-refractivity contribution >= 4 is 23.4 Å². The first-order chi connectivity index (χ1) is 10.7. The second kappa shape index (κ2) is 6.82. The third kappa shape index (κ3) is 4.89. The van der Waals surface area contributed by atoms with E-state index in [9.17, 15) is 14.0 Å². The average Bonchev–Trinajstić information content (AvgIpc) is 2.99. The van der Waals surface area contributed by atoms with Gasteiger partial charge in [-0.3, -0.25) is 0 Å². The first-order valence-electron chi connectivity index (χ1n) is 7.49. The number of hydrogen-bond donors (Lipinski definition) is 1. The van der Waals surface area contributed by atoms with Crippen molar-refractivity contribution in [2.24, 2.45) is 0 Å². The van der Waals surface area contributed by atoms with E-state index in [0.717, 1.165) is 0 Å². The van der Waals surface area contributed by atoms with Crippen LogP contribution in [-0.2, 0) is 16.0 Å². The van der Waals surface area contributed by atoms with Gasteiger partial charge in [0, 0.05) is 10.8 Å². The van der Waals surface area contributed by atoms with Gasteiger partial charge < -0.3 is 14.8 Å². The number of alkyl halides is 1. The number of hydrogen-bond acceptors (Lipinski definition) is 6. The van der Waals surface area contributed by atoms with Gasteiger partial charge in [-0.05, 0) is 34.1 Å². The third-order valence-corrected chi connectivity index (χ3v) is 4.19. The van der Waals surface area contributed by atoms with Crippen molar-refractivity contribution in [1.82, 2.24) is 10.3 Å². The lowest BCUT2D eigenvalue weighted by Gasteiger charge is -2.19. The minimum absolute atomic E-state index is 0.121. The highest BCUT2D eigenvalue weighted by Gasteiger charge is 2.43. The largest absolute Gasteiger partial charge is 0.461 e. The van der Waals surface area contributed by atoms with Crippen LogP contribution in [-0.4, -0.2) is 35.4 Å². The second-order valence-corrected chi connectivity index (χ2v) is 7.37. The van der Waals surface area contributed by atoms with Gasteiger partial charge in [-0.25, -0.2) is 19.0 Å². The van der Waals surface area contributed by atoms with E-state index in [1.165, 1.54) is 11.3 Å². The fraction of sp³-hybridized carbons (Fsp3) is 0.667. The Labute approximate surface area is 138 Å². The number of nitrogens with one attached hydrogen (secondary N) is 1. The molecule has 1 aromatic rings. The molecule has 1 aromatic heterocycles. The number of amides is 1. The predicted octanol–water partition coefficient (Wildman–Crippen LogP) is 3.17. The molecule has 1 saturated carbocycles. The first-order valence-corrected chi connectivity index (χ1v) is 8.30. The van der Waals surface area contributed by atoms with E-state index in [4.69, 9.17) is 9.47 Å². The molecule has 1 amide bonds. The maximum absolute atomic E-state index is 13.3. The molecular formula is C15H21FN2O4S. The summed E-state index contributed by atoms with van der Waals surface area (Å²) in [7, 11) is 0. The van der Waals surface area contributed by atoms with E-state index in [1.54, 1.807) is 27.7 Å². The molecule has 2 atom stereocenters. The number of thiazole rings is 1. The number of halogens is 1. The van der Waals surface area contributed by atoms with E-state index in [-0.39, 0.29) is 24.8 Å². The molecule has 1 fully saturated rings. The number of aromatic nitrogens is 1. The molecule has 0 aromatic carbocycles. The third-order valence-electron chi connectivity index (χ3n) is 3.00. The first kappa shape index (κ1) is 17.7. The summed E-state index contributed by atoms with van der Waals surface area (Å²) in [6.45, 7) is 7.34. The highest BCUT2D eigenvalue weighted by Crippen LogP contribution is 2.47. The lowest BCUT2D eigenvalue weighted by molar-refractivity contribution is 0.0514. The van der Waals surface area contributed by atoms with Crippen LogP contribution >= 0.6 is 11.3 Å². The maximum atomic E-state index is 13.3. The van der Waals surface area contributed by atoms with Gasteiger partial charge in [0.25, 0.3) is 0 Å². The van der Waals surface area contributed by atoms with Crippen LogP contribution in [0.1, 0.15) is 60.4 Å². The molecular weight excluding hydrogens is 323 g/mol. The molecule has 2 rings (SSSR count). The topological polar surface area (TPSA) is 77.5 Å². The van der Waals surface area contributed by atoms with Crippen LogP contribution in [0.2, 0.25) is 0 Å². The SMILES string of the molecule is CCOC(=O)c1nc(CNC(=O)OC(C)(C)C)sc1[C@@H]1C[C@H]1F. The van der Waals surface area contributed by atoms with E-state index >= 15 is 0 Å². The van der Waals surface area contributed by atoms with Gasteiger partial charge in [0.15, 0.2) is 5.69 Å². The lowest BCUT2D eigenvalue weighted by atomic mass is 10.2. The molecule has 0 unspecified atom stereocenters. The number of carbonyl (C=O) groups excluding carboxylic acids is 2. The Kier molecular flexibility index (Phi) is 5.23. The number of esters is 1. The summed E-state index contributed by atoms with van der Waals surface area (Å²) in [5.41, 5.74) is -0.438. The summed E-state index contributed by atoms with van der Waals surface area (Å²) >= 11 is 1.23. The Balaban J connectivity index is 2.05. The Bertz CT molecular complexity index is 597. The van der Waals surface area contributed by atoms with Gasteiger partial charge in [0.1, 0.15) is 16.8 Å². The summed E-state index contributed by atoms with van der Waals surface area (Å²) in [6.07, 6.45) is -1.11. The zero-order chi connectivity index (χ0) is 17.2. The highest BCUT2D eigenvalue weighted by atomic mass is 32.1. The second-order valence-electron chi connectivity index (χ2n) is 6.25. The number of ether oxygens (including phenoxy) is 2. The summed E-state index contributed by atoms with van der Waals surface area (Å²) in [4.78, 5) is 28.4. The molecule has 1 heterocycles. The van der Waals surface area contributed by atoms with Gasteiger partial charge >= 0.3 is 12.1 Å². The lowest BCUT2D eigenvalue weighted by Crippen LogP contribution is -2.32. The van der Waals surface area contributed by atoms with Crippen LogP contribution in [0.4, 0.5) is 9.18 Å². The molecule has 1 N–H and O–H groups in total. The van der Waals surface area contributed by atoms with Gasteiger partial charge in [0.05, 0.1) is 13.2 Å². The van der Waals surface area contributed by atoms with Crippen LogP contribution in [0.25, 0.3) is 0 Å². The summed E-state index contributed by atoms with van der Waals surface area (Å²) < 4.78 is 23.4. The van der Waals surface area contributed by atoms with Crippen molar-refractivity contribution in [3.63, 3.8) is 0 Å².